The predicted molar refractivity (Wildman–Crippen MR) is 111 cm³/mol. The van der Waals surface area contributed by atoms with Crippen LogP contribution in [0.2, 0.25) is 0 Å². The Morgan fingerprint density at radius 3 is 2.10 bits per heavy atom. The van der Waals surface area contributed by atoms with Crippen molar-refractivity contribution in [3.8, 4) is 0 Å². The van der Waals surface area contributed by atoms with Crippen molar-refractivity contribution in [1.82, 2.24) is 9.80 Å². The summed E-state index contributed by atoms with van der Waals surface area (Å²) >= 11 is 0. The minimum Gasteiger partial charge on any atom is -0.465 e. The lowest BCUT2D eigenvalue weighted by Gasteiger charge is -2.23. The van der Waals surface area contributed by atoms with Gasteiger partial charge in [-0.05, 0) is 57.3 Å². The molecule has 1 heterocycles. The zero-order chi connectivity index (χ0) is 21.4. The molecule has 8 heteroatoms. The average molecular weight is 400 g/mol. The van der Waals surface area contributed by atoms with Gasteiger partial charge in [-0.3, -0.25) is 19.3 Å². The van der Waals surface area contributed by atoms with Crippen molar-refractivity contribution in [3.05, 3.63) is 47.9 Å². The van der Waals surface area contributed by atoms with Crippen LogP contribution in [0.25, 0.3) is 0 Å². The molecule has 0 aliphatic heterocycles. The molecular formula is C21H28N4O4. The van der Waals surface area contributed by atoms with Gasteiger partial charge in [0, 0.05) is 24.8 Å². The second kappa shape index (κ2) is 10.4. The molecule has 0 fully saturated rings. The Balaban J connectivity index is 1.84. The molecule has 1 aromatic carbocycles. The van der Waals surface area contributed by atoms with E-state index >= 15 is 0 Å². The van der Waals surface area contributed by atoms with Gasteiger partial charge in [-0.1, -0.05) is 0 Å². The molecule has 0 saturated heterocycles. The van der Waals surface area contributed by atoms with Crippen LogP contribution in [0.1, 0.15) is 25.4 Å². The van der Waals surface area contributed by atoms with E-state index in [1.807, 2.05) is 37.9 Å². The third kappa shape index (κ3) is 7.42. The standard InChI is InChI=1S/C21H28N4O4/c1-5-25(21(28)14-24(4)12-19-11-6-15(2)29-19)13-20(27)23-18-9-7-17(8-10-18)22-16(3)26/h6-11H,5,12-14H2,1-4H3,(H,22,26)(H,23,27). The zero-order valence-corrected chi connectivity index (χ0v) is 17.3. The summed E-state index contributed by atoms with van der Waals surface area (Å²) in [5.41, 5.74) is 1.24. The first-order valence-electron chi connectivity index (χ1n) is 9.46. The number of carbonyl (C=O) groups excluding carboxylic acids is 3. The summed E-state index contributed by atoms with van der Waals surface area (Å²) in [4.78, 5) is 39.3. The maximum Gasteiger partial charge on any atom is 0.243 e. The number of amides is 3. The molecule has 0 spiro atoms. The van der Waals surface area contributed by atoms with Crippen molar-refractivity contribution in [3.63, 3.8) is 0 Å². The second-order valence-electron chi connectivity index (χ2n) is 6.90. The van der Waals surface area contributed by atoms with E-state index in [1.54, 1.807) is 24.3 Å². The minimum absolute atomic E-state index is 0.0313. The Kier molecular flexibility index (Phi) is 7.97. The van der Waals surface area contributed by atoms with Crippen LogP contribution >= 0.6 is 0 Å². The third-order valence-electron chi connectivity index (χ3n) is 4.18. The van der Waals surface area contributed by atoms with Crippen molar-refractivity contribution in [1.29, 1.82) is 0 Å². The number of carbonyl (C=O) groups is 3. The molecule has 29 heavy (non-hydrogen) atoms. The Labute approximate surface area is 170 Å². The van der Waals surface area contributed by atoms with Crippen LogP contribution in [0, 0.1) is 6.92 Å². The average Bonchev–Trinajstić information content (AvgIpc) is 3.05. The number of aryl methyl sites for hydroxylation is 1. The van der Waals surface area contributed by atoms with Crippen molar-refractivity contribution in [2.75, 3.05) is 37.3 Å². The summed E-state index contributed by atoms with van der Waals surface area (Å²) < 4.78 is 5.53. The summed E-state index contributed by atoms with van der Waals surface area (Å²) in [7, 11) is 1.83. The first kappa shape index (κ1) is 22.2. The lowest BCUT2D eigenvalue weighted by atomic mass is 10.2. The van der Waals surface area contributed by atoms with Gasteiger partial charge in [-0.2, -0.15) is 0 Å². The molecule has 0 saturated carbocycles. The number of likely N-dealkylation sites (N-methyl/N-ethyl adjacent to an activating group) is 2. The van der Waals surface area contributed by atoms with E-state index < -0.39 is 0 Å². The topological polar surface area (TPSA) is 94.9 Å². The van der Waals surface area contributed by atoms with E-state index in [9.17, 15) is 14.4 Å². The second-order valence-corrected chi connectivity index (χ2v) is 6.90. The van der Waals surface area contributed by atoms with Crippen LogP contribution in [0.4, 0.5) is 11.4 Å². The van der Waals surface area contributed by atoms with Crippen LogP contribution in [0.5, 0.6) is 0 Å². The van der Waals surface area contributed by atoms with Crippen LogP contribution in [0.3, 0.4) is 0 Å². The Bertz CT molecular complexity index is 845. The van der Waals surface area contributed by atoms with Gasteiger partial charge in [0.2, 0.25) is 17.7 Å². The molecular weight excluding hydrogens is 372 g/mol. The van der Waals surface area contributed by atoms with E-state index in [4.69, 9.17) is 4.42 Å². The maximum atomic E-state index is 12.5. The van der Waals surface area contributed by atoms with E-state index in [1.165, 1.54) is 11.8 Å². The normalized spacial score (nSPS) is 10.7. The monoisotopic (exact) mass is 400 g/mol. The van der Waals surface area contributed by atoms with Crippen molar-refractivity contribution in [2.24, 2.45) is 0 Å². The van der Waals surface area contributed by atoms with Gasteiger partial charge in [0.25, 0.3) is 0 Å². The van der Waals surface area contributed by atoms with Gasteiger partial charge >= 0.3 is 0 Å². The summed E-state index contributed by atoms with van der Waals surface area (Å²) in [6.45, 7) is 6.25. The number of nitrogens with zero attached hydrogens (tertiary/aromatic N) is 2. The highest BCUT2D eigenvalue weighted by Crippen LogP contribution is 2.13. The molecule has 0 bridgehead atoms. The minimum atomic E-state index is -0.281. The SMILES string of the molecule is CCN(CC(=O)Nc1ccc(NC(C)=O)cc1)C(=O)CN(C)Cc1ccc(C)o1. The van der Waals surface area contributed by atoms with E-state index in [0.29, 0.717) is 24.5 Å². The molecule has 2 N–H and O–H groups in total. The maximum absolute atomic E-state index is 12.5. The third-order valence-corrected chi connectivity index (χ3v) is 4.18. The number of anilines is 2. The van der Waals surface area contributed by atoms with Gasteiger partial charge in [-0.25, -0.2) is 0 Å². The molecule has 0 radical (unpaired) electrons. The van der Waals surface area contributed by atoms with Gasteiger partial charge in [0.1, 0.15) is 11.5 Å². The quantitative estimate of drug-likeness (QED) is 0.674. The molecule has 0 unspecified atom stereocenters. The number of rotatable bonds is 9. The Morgan fingerprint density at radius 1 is 0.966 bits per heavy atom. The highest BCUT2D eigenvalue weighted by atomic mass is 16.3. The molecule has 0 aliphatic carbocycles. The number of nitrogens with one attached hydrogen (secondary N) is 2. The number of benzene rings is 1. The van der Waals surface area contributed by atoms with Crippen LogP contribution in [0.15, 0.2) is 40.8 Å². The van der Waals surface area contributed by atoms with Gasteiger partial charge in [-0.15, -0.1) is 0 Å². The number of furan rings is 1. The fraction of sp³-hybridized carbons (Fsp3) is 0.381. The molecule has 156 valence electrons. The largest absolute Gasteiger partial charge is 0.465 e. The van der Waals surface area contributed by atoms with Crippen molar-refractivity contribution >= 4 is 29.1 Å². The summed E-state index contributed by atoms with van der Waals surface area (Å²) in [5.74, 6) is 1.05. The summed E-state index contributed by atoms with van der Waals surface area (Å²) in [6.07, 6.45) is 0. The van der Waals surface area contributed by atoms with E-state index in [0.717, 1.165) is 11.5 Å². The molecule has 1 aromatic heterocycles. The van der Waals surface area contributed by atoms with Crippen LogP contribution in [-0.2, 0) is 20.9 Å². The fourth-order valence-corrected chi connectivity index (χ4v) is 2.81. The highest BCUT2D eigenvalue weighted by molar-refractivity contribution is 5.95. The predicted octanol–water partition coefficient (Wildman–Crippen LogP) is 2.47. The molecule has 8 nitrogen and oxygen atoms in total. The number of hydrogen-bond donors (Lipinski definition) is 2. The lowest BCUT2D eigenvalue weighted by molar-refractivity contribution is -0.135. The van der Waals surface area contributed by atoms with Crippen LogP contribution < -0.4 is 10.6 Å². The zero-order valence-electron chi connectivity index (χ0n) is 17.3. The van der Waals surface area contributed by atoms with Crippen molar-refractivity contribution in [2.45, 2.75) is 27.3 Å². The smallest absolute Gasteiger partial charge is 0.243 e. The molecule has 2 rings (SSSR count). The van der Waals surface area contributed by atoms with E-state index in [-0.39, 0.29) is 30.8 Å². The molecule has 0 atom stereocenters. The Hall–Kier alpha value is -3.13. The molecule has 3 amide bonds. The number of hydrogen-bond acceptors (Lipinski definition) is 5. The Morgan fingerprint density at radius 2 is 1.59 bits per heavy atom. The lowest BCUT2D eigenvalue weighted by Crippen LogP contribution is -2.42. The van der Waals surface area contributed by atoms with E-state index in [2.05, 4.69) is 10.6 Å². The van der Waals surface area contributed by atoms with Crippen molar-refractivity contribution < 1.29 is 18.8 Å². The first-order chi connectivity index (χ1) is 13.8. The van der Waals surface area contributed by atoms with Gasteiger partial charge < -0.3 is 20.0 Å². The van der Waals surface area contributed by atoms with Gasteiger partial charge in [0.05, 0.1) is 19.6 Å². The first-order valence-corrected chi connectivity index (χ1v) is 9.46. The van der Waals surface area contributed by atoms with Gasteiger partial charge in [0.15, 0.2) is 0 Å². The highest BCUT2D eigenvalue weighted by Gasteiger charge is 2.18. The summed E-state index contributed by atoms with van der Waals surface area (Å²) in [6, 6.07) is 10.6. The van der Waals surface area contributed by atoms with Crippen LogP contribution in [-0.4, -0.2) is 54.2 Å². The fourth-order valence-electron chi connectivity index (χ4n) is 2.81. The molecule has 0 aliphatic rings. The molecule has 2 aromatic rings. The summed E-state index contributed by atoms with van der Waals surface area (Å²) in [5, 5.41) is 5.43.